The molecule has 0 radical (unpaired) electrons. The van der Waals surface area contributed by atoms with E-state index in [1.54, 1.807) is 18.2 Å². The Morgan fingerprint density at radius 3 is 2.76 bits per heavy atom. The highest BCUT2D eigenvalue weighted by atomic mass is 35.5. The number of halogens is 3. The fourth-order valence-corrected chi connectivity index (χ4v) is 1.94. The lowest BCUT2D eigenvalue weighted by Gasteiger charge is -2.08. The van der Waals surface area contributed by atoms with Crippen LogP contribution in [0.3, 0.4) is 0 Å². The van der Waals surface area contributed by atoms with Crippen LogP contribution in [0.1, 0.15) is 11.1 Å². The van der Waals surface area contributed by atoms with Gasteiger partial charge in [-0.05, 0) is 18.2 Å². The molecule has 0 aliphatic heterocycles. The standard InChI is InChI=1S/C12H9Cl2FN2/c13-8-4-7(12(16)17-6-8)5-9-10(14)2-1-3-11(9)15/h1-4,6H,5H2,(H2,16,17). The molecule has 2 N–H and O–H groups in total. The Labute approximate surface area is 108 Å². The second-order valence-electron chi connectivity index (χ2n) is 3.57. The largest absolute Gasteiger partial charge is 0.383 e. The summed E-state index contributed by atoms with van der Waals surface area (Å²) in [7, 11) is 0. The molecule has 0 spiro atoms. The van der Waals surface area contributed by atoms with Crippen molar-refractivity contribution in [3.05, 3.63) is 57.5 Å². The summed E-state index contributed by atoms with van der Waals surface area (Å²) < 4.78 is 13.6. The maximum Gasteiger partial charge on any atom is 0.128 e. The third-order valence-corrected chi connectivity index (χ3v) is 2.96. The molecule has 88 valence electrons. The first-order valence-corrected chi connectivity index (χ1v) is 5.66. The number of benzene rings is 1. The molecule has 0 aliphatic carbocycles. The van der Waals surface area contributed by atoms with E-state index in [9.17, 15) is 4.39 Å². The van der Waals surface area contributed by atoms with Gasteiger partial charge in [0.2, 0.25) is 0 Å². The van der Waals surface area contributed by atoms with Gasteiger partial charge in [-0.25, -0.2) is 9.37 Å². The second-order valence-corrected chi connectivity index (χ2v) is 4.42. The van der Waals surface area contributed by atoms with Gasteiger partial charge in [0.05, 0.1) is 5.02 Å². The average Bonchev–Trinajstić information content (AvgIpc) is 2.28. The van der Waals surface area contributed by atoms with Gasteiger partial charge in [0.1, 0.15) is 11.6 Å². The topological polar surface area (TPSA) is 38.9 Å². The molecule has 2 aromatic rings. The Bertz CT molecular complexity index is 538. The smallest absolute Gasteiger partial charge is 0.128 e. The number of hydrogen-bond acceptors (Lipinski definition) is 2. The summed E-state index contributed by atoms with van der Waals surface area (Å²) in [5.74, 6) is -0.0365. The zero-order chi connectivity index (χ0) is 12.4. The summed E-state index contributed by atoms with van der Waals surface area (Å²) in [6, 6.07) is 6.21. The Balaban J connectivity index is 2.41. The van der Waals surface area contributed by atoms with Crippen LogP contribution in [-0.4, -0.2) is 4.98 Å². The van der Waals surface area contributed by atoms with Crippen LogP contribution >= 0.6 is 23.2 Å². The van der Waals surface area contributed by atoms with E-state index >= 15 is 0 Å². The Hall–Kier alpha value is -1.32. The van der Waals surface area contributed by atoms with E-state index in [4.69, 9.17) is 28.9 Å². The molecule has 2 nitrogen and oxygen atoms in total. The summed E-state index contributed by atoms with van der Waals surface area (Å²) in [5, 5.41) is 0.825. The normalized spacial score (nSPS) is 10.5. The summed E-state index contributed by atoms with van der Waals surface area (Å²) >= 11 is 11.8. The molecule has 0 fully saturated rings. The molecule has 0 saturated carbocycles. The van der Waals surface area contributed by atoms with Crippen LogP contribution in [0.4, 0.5) is 10.2 Å². The monoisotopic (exact) mass is 270 g/mol. The van der Waals surface area contributed by atoms with Crippen LogP contribution < -0.4 is 5.73 Å². The summed E-state index contributed by atoms with van der Waals surface area (Å²) in [4.78, 5) is 3.91. The van der Waals surface area contributed by atoms with E-state index in [0.29, 0.717) is 27.0 Å². The van der Waals surface area contributed by atoms with Gasteiger partial charge in [0.15, 0.2) is 0 Å². The number of nitrogens with two attached hydrogens (primary N) is 1. The van der Waals surface area contributed by atoms with Crippen LogP contribution in [-0.2, 0) is 6.42 Å². The quantitative estimate of drug-likeness (QED) is 0.904. The number of pyridine rings is 1. The lowest BCUT2D eigenvalue weighted by Crippen LogP contribution is -2.00. The van der Waals surface area contributed by atoms with Crippen LogP contribution in [0, 0.1) is 5.82 Å². The van der Waals surface area contributed by atoms with Gasteiger partial charge in [-0.3, -0.25) is 0 Å². The van der Waals surface area contributed by atoms with E-state index < -0.39 is 0 Å². The van der Waals surface area contributed by atoms with Gasteiger partial charge in [0, 0.05) is 28.8 Å². The van der Waals surface area contributed by atoms with Crippen molar-refractivity contribution in [3.63, 3.8) is 0 Å². The van der Waals surface area contributed by atoms with E-state index in [-0.39, 0.29) is 12.2 Å². The minimum Gasteiger partial charge on any atom is -0.383 e. The molecule has 0 aliphatic rings. The predicted octanol–water partition coefficient (Wildman–Crippen LogP) is 3.70. The van der Waals surface area contributed by atoms with Gasteiger partial charge in [0.25, 0.3) is 0 Å². The minimum atomic E-state index is -0.364. The number of aromatic nitrogens is 1. The molecule has 0 amide bonds. The van der Waals surface area contributed by atoms with Crippen molar-refractivity contribution >= 4 is 29.0 Å². The SMILES string of the molecule is Nc1ncc(Cl)cc1Cc1c(F)cccc1Cl. The molecule has 2 rings (SSSR count). The van der Waals surface area contributed by atoms with Crippen LogP contribution in [0.5, 0.6) is 0 Å². The zero-order valence-corrected chi connectivity index (χ0v) is 10.3. The molecule has 0 bridgehead atoms. The highest BCUT2D eigenvalue weighted by Crippen LogP contribution is 2.25. The Morgan fingerprint density at radius 1 is 1.29 bits per heavy atom. The zero-order valence-electron chi connectivity index (χ0n) is 8.75. The second kappa shape index (κ2) is 4.90. The van der Waals surface area contributed by atoms with Gasteiger partial charge >= 0.3 is 0 Å². The first-order chi connectivity index (χ1) is 8.08. The van der Waals surface area contributed by atoms with Crippen molar-refractivity contribution in [2.45, 2.75) is 6.42 Å². The van der Waals surface area contributed by atoms with Crippen molar-refractivity contribution in [1.82, 2.24) is 4.98 Å². The number of rotatable bonds is 2. The van der Waals surface area contributed by atoms with Crippen molar-refractivity contribution < 1.29 is 4.39 Å². The van der Waals surface area contributed by atoms with Gasteiger partial charge < -0.3 is 5.73 Å². The molecule has 1 heterocycles. The number of nitrogens with zero attached hydrogens (tertiary/aromatic N) is 1. The highest BCUT2D eigenvalue weighted by Gasteiger charge is 2.10. The number of anilines is 1. The predicted molar refractivity (Wildman–Crippen MR) is 67.9 cm³/mol. The fraction of sp³-hybridized carbons (Fsp3) is 0.0833. The van der Waals surface area contributed by atoms with Crippen molar-refractivity contribution in [1.29, 1.82) is 0 Å². The molecular formula is C12H9Cl2FN2. The summed E-state index contributed by atoms with van der Waals surface area (Å²) in [6.07, 6.45) is 1.72. The van der Waals surface area contributed by atoms with E-state index in [1.165, 1.54) is 12.3 Å². The van der Waals surface area contributed by atoms with Crippen LogP contribution in [0.25, 0.3) is 0 Å². The Kier molecular flexibility index (Phi) is 3.50. The van der Waals surface area contributed by atoms with Crippen molar-refractivity contribution in [2.24, 2.45) is 0 Å². The van der Waals surface area contributed by atoms with Crippen LogP contribution in [0.15, 0.2) is 30.5 Å². The van der Waals surface area contributed by atoms with E-state index in [2.05, 4.69) is 4.98 Å². The summed E-state index contributed by atoms with van der Waals surface area (Å²) in [6.45, 7) is 0. The highest BCUT2D eigenvalue weighted by molar-refractivity contribution is 6.31. The van der Waals surface area contributed by atoms with Gasteiger partial charge in [-0.2, -0.15) is 0 Å². The summed E-state index contributed by atoms with van der Waals surface area (Å²) in [5.41, 5.74) is 6.75. The van der Waals surface area contributed by atoms with Crippen molar-refractivity contribution in [2.75, 3.05) is 5.73 Å². The molecule has 0 saturated heterocycles. The maximum atomic E-state index is 13.6. The van der Waals surface area contributed by atoms with E-state index in [1.807, 2.05) is 0 Å². The lowest BCUT2D eigenvalue weighted by atomic mass is 10.1. The molecule has 5 heteroatoms. The fourth-order valence-electron chi connectivity index (χ4n) is 1.53. The maximum absolute atomic E-state index is 13.6. The number of nitrogen functional groups attached to an aromatic ring is 1. The molecule has 0 unspecified atom stereocenters. The van der Waals surface area contributed by atoms with E-state index in [0.717, 1.165) is 0 Å². The first kappa shape index (κ1) is 12.1. The molecular weight excluding hydrogens is 262 g/mol. The molecule has 1 aromatic carbocycles. The lowest BCUT2D eigenvalue weighted by molar-refractivity contribution is 0.614. The van der Waals surface area contributed by atoms with Gasteiger partial charge in [-0.15, -0.1) is 0 Å². The van der Waals surface area contributed by atoms with Crippen molar-refractivity contribution in [3.8, 4) is 0 Å². The number of hydrogen-bond donors (Lipinski definition) is 1. The Morgan fingerprint density at radius 2 is 2.06 bits per heavy atom. The average molecular weight is 271 g/mol. The third kappa shape index (κ3) is 2.68. The third-order valence-electron chi connectivity index (χ3n) is 2.40. The first-order valence-electron chi connectivity index (χ1n) is 4.90. The molecule has 17 heavy (non-hydrogen) atoms. The van der Waals surface area contributed by atoms with Gasteiger partial charge in [-0.1, -0.05) is 29.3 Å². The molecule has 1 aromatic heterocycles. The van der Waals surface area contributed by atoms with Crippen LogP contribution in [0.2, 0.25) is 10.0 Å². The minimum absolute atomic E-state index is 0.269. The molecule has 0 atom stereocenters.